The van der Waals surface area contributed by atoms with Crippen molar-refractivity contribution in [3.63, 3.8) is 0 Å². The van der Waals surface area contributed by atoms with Crippen LogP contribution in [0.3, 0.4) is 0 Å². The van der Waals surface area contributed by atoms with Crippen LogP contribution in [-0.2, 0) is 9.53 Å². The molecule has 0 radical (unpaired) electrons. The first-order valence-electron chi connectivity index (χ1n) is 12.1. The zero-order valence-corrected chi connectivity index (χ0v) is 23.9. The number of ether oxygens (including phenoxy) is 3. The van der Waals surface area contributed by atoms with Crippen molar-refractivity contribution in [1.82, 2.24) is 4.57 Å². The van der Waals surface area contributed by atoms with Gasteiger partial charge in [0.15, 0.2) is 4.80 Å². The van der Waals surface area contributed by atoms with Crippen LogP contribution in [0.15, 0.2) is 68.0 Å². The number of halogens is 1. The molecule has 0 saturated carbocycles. The maximum absolute atomic E-state index is 14.0. The number of terminal acetylenes is 1. The van der Waals surface area contributed by atoms with E-state index in [4.69, 9.17) is 20.6 Å². The fourth-order valence-corrected chi connectivity index (χ4v) is 5.59. The van der Waals surface area contributed by atoms with E-state index in [2.05, 4.69) is 26.8 Å². The first kappa shape index (κ1) is 27.4. The molecule has 0 fully saturated rings. The van der Waals surface area contributed by atoms with Crippen LogP contribution in [0.5, 0.6) is 11.5 Å². The first-order chi connectivity index (χ1) is 18.2. The maximum Gasteiger partial charge on any atom is 0.338 e. The van der Waals surface area contributed by atoms with Crippen molar-refractivity contribution in [1.29, 1.82) is 0 Å². The molecule has 2 heterocycles. The Morgan fingerprint density at radius 1 is 1.26 bits per heavy atom. The van der Waals surface area contributed by atoms with E-state index in [0.29, 0.717) is 43.2 Å². The summed E-state index contributed by atoms with van der Waals surface area (Å²) >= 11 is 4.72. The van der Waals surface area contributed by atoms with Gasteiger partial charge in [-0.05, 0) is 58.0 Å². The van der Waals surface area contributed by atoms with Gasteiger partial charge >= 0.3 is 5.97 Å². The molecule has 0 aliphatic carbocycles. The summed E-state index contributed by atoms with van der Waals surface area (Å²) < 4.78 is 20.0. The fraction of sp³-hybridized carbons (Fsp3) is 0.276. The molecule has 2 aromatic carbocycles. The molecular weight excluding hydrogens is 568 g/mol. The summed E-state index contributed by atoms with van der Waals surface area (Å²) in [6.45, 7) is 7.63. The third kappa shape index (κ3) is 5.62. The van der Waals surface area contributed by atoms with E-state index in [0.717, 1.165) is 4.47 Å². The third-order valence-corrected chi connectivity index (χ3v) is 7.14. The summed E-state index contributed by atoms with van der Waals surface area (Å²) in [5.41, 5.74) is 1.84. The van der Waals surface area contributed by atoms with Gasteiger partial charge in [0.1, 0.15) is 24.1 Å². The van der Waals surface area contributed by atoms with Gasteiger partial charge in [0.25, 0.3) is 5.56 Å². The van der Waals surface area contributed by atoms with Crippen LogP contribution in [0.2, 0.25) is 0 Å². The van der Waals surface area contributed by atoms with Crippen molar-refractivity contribution in [2.24, 2.45) is 4.99 Å². The molecule has 9 heteroatoms. The highest BCUT2D eigenvalue weighted by atomic mass is 79.9. The molecule has 0 saturated heterocycles. The standard InChI is InChI=1S/C29H27BrN2O5S/c1-6-14-36-22-13-12-20(30)15-19(22)16-24-27(33)32-26(21-10-8-9-11-23(21)37-17(3)4)25(28(34)35-7-2)18(5)31-29(32)38-24/h1,8-13,15-17,26H,7,14H2,2-5H3/b24-16-/t26-/m0/s1. The lowest BCUT2D eigenvalue weighted by atomic mass is 9.95. The average Bonchev–Trinajstić information content (AvgIpc) is 3.17. The maximum atomic E-state index is 14.0. The Kier molecular flexibility index (Phi) is 8.55. The van der Waals surface area contributed by atoms with Gasteiger partial charge in [-0.3, -0.25) is 9.36 Å². The van der Waals surface area contributed by atoms with E-state index in [1.54, 1.807) is 26.0 Å². The third-order valence-electron chi connectivity index (χ3n) is 5.66. The lowest BCUT2D eigenvalue weighted by molar-refractivity contribution is -0.139. The minimum atomic E-state index is -0.776. The van der Waals surface area contributed by atoms with E-state index in [9.17, 15) is 9.59 Å². The predicted octanol–water partition coefficient (Wildman–Crippen LogP) is 4.36. The number of nitrogens with zero attached hydrogens (tertiary/aromatic N) is 2. The molecule has 38 heavy (non-hydrogen) atoms. The number of fused-ring (bicyclic) bond motifs is 1. The second-order valence-electron chi connectivity index (χ2n) is 8.68. The summed E-state index contributed by atoms with van der Waals surface area (Å²) in [5.74, 6) is 3.06. The number of hydrogen-bond acceptors (Lipinski definition) is 7. The number of carbonyl (C=O) groups is 1. The number of benzene rings is 2. The lowest BCUT2D eigenvalue weighted by Crippen LogP contribution is -2.40. The number of carbonyl (C=O) groups excluding carboxylic acids is 1. The van der Waals surface area contributed by atoms with E-state index in [1.807, 2.05) is 50.2 Å². The molecule has 1 aliphatic rings. The van der Waals surface area contributed by atoms with Crippen LogP contribution in [0.4, 0.5) is 0 Å². The van der Waals surface area contributed by atoms with E-state index in [-0.39, 0.29) is 24.9 Å². The van der Waals surface area contributed by atoms with Gasteiger partial charge in [-0.25, -0.2) is 9.79 Å². The molecule has 0 amide bonds. The first-order valence-corrected chi connectivity index (χ1v) is 13.7. The molecule has 0 bridgehead atoms. The highest BCUT2D eigenvalue weighted by Crippen LogP contribution is 2.36. The van der Waals surface area contributed by atoms with Gasteiger partial charge in [-0.15, -0.1) is 6.42 Å². The van der Waals surface area contributed by atoms with Crippen LogP contribution in [0.25, 0.3) is 6.08 Å². The summed E-state index contributed by atoms with van der Waals surface area (Å²) in [6, 6.07) is 12.1. The van der Waals surface area contributed by atoms with Crippen molar-refractivity contribution in [3.8, 4) is 23.8 Å². The highest BCUT2D eigenvalue weighted by molar-refractivity contribution is 9.10. The predicted molar refractivity (Wildman–Crippen MR) is 151 cm³/mol. The van der Waals surface area contributed by atoms with Crippen molar-refractivity contribution >= 4 is 39.3 Å². The molecule has 1 aromatic heterocycles. The van der Waals surface area contributed by atoms with Crippen LogP contribution < -0.4 is 24.4 Å². The van der Waals surface area contributed by atoms with Crippen molar-refractivity contribution in [2.45, 2.75) is 39.8 Å². The fourth-order valence-electron chi connectivity index (χ4n) is 4.18. The normalized spacial score (nSPS) is 15.1. The Morgan fingerprint density at radius 2 is 2.03 bits per heavy atom. The Balaban J connectivity index is 1.98. The topological polar surface area (TPSA) is 79.1 Å². The number of allylic oxidation sites excluding steroid dienone is 1. The summed E-state index contributed by atoms with van der Waals surface area (Å²) in [7, 11) is 0. The van der Waals surface area contributed by atoms with Gasteiger partial charge in [-0.1, -0.05) is 51.4 Å². The molecule has 0 N–H and O–H groups in total. The molecule has 0 unspecified atom stereocenters. The zero-order chi connectivity index (χ0) is 27.4. The van der Waals surface area contributed by atoms with Crippen molar-refractivity contribution in [2.75, 3.05) is 13.2 Å². The van der Waals surface area contributed by atoms with Crippen LogP contribution in [-0.4, -0.2) is 29.9 Å². The van der Waals surface area contributed by atoms with Crippen LogP contribution in [0.1, 0.15) is 44.9 Å². The van der Waals surface area contributed by atoms with Gasteiger partial charge in [0.2, 0.25) is 0 Å². The lowest BCUT2D eigenvalue weighted by Gasteiger charge is -2.26. The van der Waals surface area contributed by atoms with E-state index in [1.165, 1.54) is 15.9 Å². The summed E-state index contributed by atoms with van der Waals surface area (Å²) in [5, 5.41) is 0. The monoisotopic (exact) mass is 594 g/mol. The van der Waals surface area contributed by atoms with Gasteiger partial charge in [0.05, 0.1) is 28.5 Å². The molecule has 1 aliphatic heterocycles. The Hall–Kier alpha value is -3.61. The molecule has 1 atom stereocenters. The molecule has 3 aromatic rings. The minimum absolute atomic E-state index is 0.0957. The Bertz CT molecular complexity index is 1630. The average molecular weight is 596 g/mol. The van der Waals surface area contributed by atoms with Crippen LogP contribution >= 0.6 is 27.3 Å². The van der Waals surface area contributed by atoms with E-state index < -0.39 is 12.0 Å². The molecule has 0 spiro atoms. The quantitative estimate of drug-likeness (QED) is 0.286. The van der Waals surface area contributed by atoms with Gasteiger partial charge in [-0.2, -0.15) is 0 Å². The second-order valence-corrected chi connectivity index (χ2v) is 10.6. The zero-order valence-electron chi connectivity index (χ0n) is 21.5. The summed E-state index contributed by atoms with van der Waals surface area (Å²) in [6.07, 6.45) is 7.01. The second kappa shape index (κ2) is 11.8. The van der Waals surface area contributed by atoms with Crippen molar-refractivity contribution < 1.29 is 19.0 Å². The Morgan fingerprint density at radius 3 is 2.74 bits per heavy atom. The molecule has 196 valence electrons. The SMILES string of the molecule is C#CCOc1ccc(Br)cc1/C=c1\sc2n(c1=O)[C@@H](c1ccccc1OC(C)C)C(C(=O)OCC)=C(C)N=2. The van der Waals surface area contributed by atoms with Crippen molar-refractivity contribution in [3.05, 3.63) is 89.0 Å². The number of aromatic nitrogens is 1. The summed E-state index contributed by atoms with van der Waals surface area (Å²) in [4.78, 5) is 32.3. The minimum Gasteiger partial charge on any atom is -0.491 e. The number of hydrogen-bond donors (Lipinski definition) is 0. The van der Waals surface area contributed by atoms with Gasteiger partial charge in [0, 0.05) is 15.6 Å². The molecule has 4 rings (SSSR count). The van der Waals surface area contributed by atoms with Gasteiger partial charge < -0.3 is 14.2 Å². The number of para-hydroxylation sites is 1. The molecular formula is C29H27BrN2O5S. The number of thiazole rings is 1. The largest absolute Gasteiger partial charge is 0.491 e. The number of rotatable bonds is 8. The Labute approximate surface area is 233 Å². The molecule has 7 nitrogen and oxygen atoms in total. The number of esters is 1. The van der Waals surface area contributed by atoms with E-state index >= 15 is 0 Å². The van der Waals surface area contributed by atoms with Crippen LogP contribution in [0, 0.1) is 12.3 Å². The smallest absolute Gasteiger partial charge is 0.338 e. The highest BCUT2D eigenvalue weighted by Gasteiger charge is 2.35.